The van der Waals surface area contributed by atoms with Crippen LogP contribution in [0.25, 0.3) is 0 Å². The molecule has 1 saturated carbocycles. The lowest BCUT2D eigenvalue weighted by Crippen LogP contribution is -2.38. The van der Waals surface area contributed by atoms with E-state index in [0.29, 0.717) is 12.8 Å². The van der Waals surface area contributed by atoms with Crippen LogP contribution in [0.4, 0.5) is 0 Å². The summed E-state index contributed by atoms with van der Waals surface area (Å²) in [6, 6.07) is 0. The molecule has 0 aromatic heterocycles. The molecule has 0 amide bonds. The van der Waals surface area contributed by atoms with Gasteiger partial charge in [-0.2, -0.15) is 0 Å². The van der Waals surface area contributed by atoms with E-state index in [2.05, 4.69) is 0 Å². The fraction of sp³-hybridized carbons (Fsp3) is 1.00. The molecular weight excluding hydrogens is 120 g/mol. The van der Waals surface area contributed by atoms with Crippen LogP contribution >= 0.6 is 0 Å². The quantitative estimate of drug-likeness (QED) is 0.488. The molecule has 1 aliphatic carbocycles. The maximum Gasteiger partial charge on any atom is 0.191 e. The van der Waals surface area contributed by atoms with Gasteiger partial charge in [-0.15, -0.1) is 0 Å². The molecular formula is C6H12O3. The summed E-state index contributed by atoms with van der Waals surface area (Å²) in [6.07, 6.45) is 1.34. The summed E-state index contributed by atoms with van der Waals surface area (Å²) in [5, 5.41) is 18.4. The minimum atomic E-state index is -1.25. The third-order valence-corrected chi connectivity index (χ3v) is 1.89. The molecule has 54 valence electrons. The predicted molar refractivity (Wildman–Crippen MR) is 31.8 cm³/mol. The van der Waals surface area contributed by atoms with Crippen LogP contribution in [-0.2, 0) is 4.74 Å². The van der Waals surface area contributed by atoms with Crippen LogP contribution in [0.2, 0.25) is 0 Å². The minimum Gasteiger partial charge on any atom is -0.388 e. The number of methoxy groups -OCH3 is 1. The molecule has 2 atom stereocenters. The molecule has 0 aromatic carbocycles. The molecule has 0 aliphatic heterocycles. The lowest BCUT2D eigenvalue weighted by atomic mass is 10.2. The van der Waals surface area contributed by atoms with E-state index in [0.717, 1.165) is 6.42 Å². The van der Waals surface area contributed by atoms with Gasteiger partial charge in [0.15, 0.2) is 5.79 Å². The van der Waals surface area contributed by atoms with Crippen LogP contribution in [0.3, 0.4) is 0 Å². The van der Waals surface area contributed by atoms with Gasteiger partial charge in [-0.1, -0.05) is 0 Å². The summed E-state index contributed by atoms with van der Waals surface area (Å²) in [7, 11) is 1.41. The van der Waals surface area contributed by atoms with Crippen molar-refractivity contribution in [3.05, 3.63) is 0 Å². The van der Waals surface area contributed by atoms with Gasteiger partial charge in [0, 0.05) is 13.5 Å². The highest BCUT2D eigenvalue weighted by Gasteiger charge is 2.39. The molecule has 0 aromatic rings. The van der Waals surface area contributed by atoms with E-state index in [1.807, 2.05) is 0 Å². The molecule has 2 N–H and O–H groups in total. The summed E-state index contributed by atoms with van der Waals surface area (Å²) < 4.78 is 4.72. The molecule has 0 bridgehead atoms. The molecule has 0 spiro atoms. The van der Waals surface area contributed by atoms with Gasteiger partial charge in [0.2, 0.25) is 0 Å². The van der Waals surface area contributed by atoms with E-state index in [1.54, 1.807) is 0 Å². The summed E-state index contributed by atoms with van der Waals surface area (Å²) >= 11 is 0. The first kappa shape index (κ1) is 6.99. The molecule has 9 heavy (non-hydrogen) atoms. The maximum atomic E-state index is 9.30. The molecule has 0 radical (unpaired) electrons. The van der Waals surface area contributed by atoms with E-state index in [4.69, 9.17) is 9.84 Å². The third-order valence-electron chi connectivity index (χ3n) is 1.89. The average Bonchev–Trinajstić information content (AvgIpc) is 2.15. The monoisotopic (exact) mass is 132 g/mol. The van der Waals surface area contributed by atoms with Gasteiger partial charge in [0.1, 0.15) is 6.10 Å². The summed E-state index contributed by atoms with van der Waals surface area (Å²) in [6.45, 7) is 0. The van der Waals surface area contributed by atoms with Gasteiger partial charge in [0.05, 0.1) is 0 Å². The van der Waals surface area contributed by atoms with Crippen molar-refractivity contribution in [3.63, 3.8) is 0 Å². The van der Waals surface area contributed by atoms with E-state index in [-0.39, 0.29) is 0 Å². The van der Waals surface area contributed by atoms with E-state index >= 15 is 0 Å². The summed E-state index contributed by atoms with van der Waals surface area (Å²) in [5.74, 6) is -1.25. The van der Waals surface area contributed by atoms with E-state index in [9.17, 15) is 5.11 Å². The SMILES string of the molecule is COC1(O)CCCC1O. The zero-order valence-corrected chi connectivity index (χ0v) is 5.50. The van der Waals surface area contributed by atoms with Crippen molar-refractivity contribution in [1.29, 1.82) is 0 Å². The van der Waals surface area contributed by atoms with Crippen molar-refractivity contribution in [1.82, 2.24) is 0 Å². The fourth-order valence-electron chi connectivity index (χ4n) is 1.18. The maximum absolute atomic E-state index is 9.30. The number of aliphatic hydroxyl groups excluding tert-OH is 1. The summed E-state index contributed by atoms with van der Waals surface area (Å²) in [4.78, 5) is 0. The molecule has 3 nitrogen and oxygen atoms in total. The molecule has 1 fully saturated rings. The highest BCUT2D eigenvalue weighted by Crippen LogP contribution is 2.29. The summed E-state index contributed by atoms with van der Waals surface area (Å²) in [5.41, 5.74) is 0. The number of aliphatic hydroxyl groups is 2. The van der Waals surface area contributed by atoms with E-state index < -0.39 is 11.9 Å². The van der Waals surface area contributed by atoms with Crippen LogP contribution in [-0.4, -0.2) is 29.2 Å². The second-order valence-electron chi connectivity index (χ2n) is 2.46. The topological polar surface area (TPSA) is 49.7 Å². The molecule has 0 heterocycles. The van der Waals surface area contributed by atoms with Crippen molar-refractivity contribution >= 4 is 0 Å². The normalized spacial score (nSPS) is 43.7. The number of rotatable bonds is 1. The van der Waals surface area contributed by atoms with Crippen LogP contribution < -0.4 is 0 Å². The Kier molecular flexibility index (Phi) is 1.75. The average molecular weight is 132 g/mol. The van der Waals surface area contributed by atoms with Gasteiger partial charge in [-0.3, -0.25) is 0 Å². The molecule has 2 unspecified atom stereocenters. The Bertz CT molecular complexity index is 104. The Morgan fingerprint density at radius 2 is 2.33 bits per heavy atom. The lowest BCUT2D eigenvalue weighted by Gasteiger charge is -2.23. The van der Waals surface area contributed by atoms with Crippen molar-refractivity contribution in [3.8, 4) is 0 Å². The molecule has 1 rings (SSSR count). The standard InChI is InChI=1S/C6H12O3/c1-9-6(8)4-2-3-5(6)7/h5,7-8H,2-4H2,1H3. The van der Waals surface area contributed by atoms with Crippen molar-refractivity contribution in [2.45, 2.75) is 31.2 Å². The fourth-order valence-corrected chi connectivity index (χ4v) is 1.18. The van der Waals surface area contributed by atoms with Crippen LogP contribution in [0.15, 0.2) is 0 Å². The van der Waals surface area contributed by atoms with Gasteiger partial charge in [-0.05, 0) is 12.8 Å². The molecule has 0 saturated heterocycles. The largest absolute Gasteiger partial charge is 0.388 e. The van der Waals surface area contributed by atoms with Crippen LogP contribution in [0.5, 0.6) is 0 Å². The number of hydrogen-bond acceptors (Lipinski definition) is 3. The highest BCUT2D eigenvalue weighted by atomic mass is 16.6. The van der Waals surface area contributed by atoms with Gasteiger partial charge >= 0.3 is 0 Å². The number of ether oxygens (including phenoxy) is 1. The van der Waals surface area contributed by atoms with Gasteiger partial charge in [0.25, 0.3) is 0 Å². The lowest BCUT2D eigenvalue weighted by molar-refractivity contribution is -0.227. The zero-order valence-electron chi connectivity index (χ0n) is 5.50. The van der Waals surface area contributed by atoms with Crippen molar-refractivity contribution < 1.29 is 14.9 Å². The predicted octanol–water partition coefficient (Wildman–Crippen LogP) is -0.134. The first-order valence-corrected chi connectivity index (χ1v) is 3.14. The highest BCUT2D eigenvalue weighted by molar-refractivity contribution is 4.83. The Hall–Kier alpha value is -0.120. The van der Waals surface area contributed by atoms with Crippen LogP contribution in [0.1, 0.15) is 19.3 Å². The Labute approximate surface area is 54.3 Å². The first-order chi connectivity index (χ1) is 4.19. The van der Waals surface area contributed by atoms with Crippen LogP contribution in [0, 0.1) is 0 Å². The Morgan fingerprint density at radius 3 is 2.56 bits per heavy atom. The van der Waals surface area contributed by atoms with Gasteiger partial charge < -0.3 is 14.9 Å². The second-order valence-corrected chi connectivity index (χ2v) is 2.46. The third kappa shape index (κ3) is 1.08. The van der Waals surface area contributed by atoms with Gasteiger partial charge in [-0.25, -0.2) is 0 Å². The zero-order chi connectivity index (χ0) is 6.91. The first-order valence-electron chi connectivity index (χ1n) is 3.14. The van der Waals surface area contributed by atoms with Crippen molar-refractivity contribution in [2.24, 2.45) is 0 Å². The Balaban J connectivity index is 2.56. The van der Waals surface area contributed by atoms with Crippen molar-refractivity contribution in [2.75, 3.05) is 7.11 Å². The molecule has 1 aliphatic rings. The Morgan fingerprint density at radius 1 is 1.67 bits per heavy atom. The molecule has 3 heteroatoms. The minimum absolute atomic E-state index is 0.546. The number of hydrogen-bond donors (Lipinski definition) is 2. The smallest absolute Gasteiger partial charge is 0.191 e. The van der Waals surface area contributed by atoms with E-state index in [1.165, 1.54) is 7.11 Å². The second kappa shape index (κ2) is 2.25.